The van der Waals surface area contributed by atoms with E-state index >= 15 is 0 Å². The maximum atomic E-state index is 9.05. The zero-order valence-corrected chi connectivity index (χ0v) is 9.31. The van der Waals surface area contributed by atoms with E-state index < -0.39 is 6.10 Å². The number of hydrogen-bond donors (Lipinski definition) is 4. The predicted molar refractivity (Wildman–Crippen MR) is 59.7 cm³/mol. The summed E-state index contributed by atoms with van der Waals surface area (Å²) >= 11 is 0. The number of phenolic OH excluding ortho intramolecular Hbond substituents is 2. The van der Waals surface area contributed by atoms with Crippen molar-refractivity contribution in [3.05, 3.63) is 23.8 Å². The molecule has 1 unspecified atom stereocenters. The van der Waals surface area contributed by atoms with Crippen molar-refractivity contribution in [1.82, 2.24) is 0 Å². The van der Waals surface area contributed by atoms with Crippen LogP contribution in [-0.2, 0) is 0 Å². The fraction of sp³-hybridized carbons (Fsp3) is 0.455. The maximum Gasteiger partial charge on any atom is 0.157 e. The third-order valence-electron chi connectivity index (χ3n) is 1.48. The Morgan fingerprint density at radius 1 is 1.07 bits per heavy atom. The SMILES string of the molecule is CC(C)N.CC(O)c1ccc(O)c(O)c1. The van der Waals surface area contributed by atoms with Crippen molar-refractivity contribution in [3.8, 4) is 11.5 Å². The second-order valence-electron chi connectivity index (χ2n) is 3.67. The second kappa shape index (κ2) is 6.27. The van der Waals surface area contributed by atoms with Gasteiger partial charge in [-0.25, -0.2) is 0 Å². The number of rotatable bonds is 1. The van der Waals surface area contributed by atoms with E-state index in [1.807, 2.05) is 13.8 Å². The van der Waals surface area contributed by atoms with Gasteiger partial charge in [0.25, 0.3) is 0 Å². The Balaban J connectivity index is 0.000000423. The zero-order valence-electron chi connectivity index (χ0n) is 9.31. The highest BCUT2D eigenvalue weighted by Crippen LogP contribution is 2.27. The Kier molecular flexibility index (Phi) is 5.74. The molecular formula is C11H19NO3. The fourth-order valence-corrected chi connectivity index (χ4v) is 0.800. The quantitative estimate of drug-likeness (QED) is 0.532. The zero-order chi connectivity index (χ0) is 12.0. The van der Waals surface area contributed by atoms with Gasteiger partial charge in [-0.2, -0.15) is 0 Å². The van der Waals surface area contributed by atoms with E-state index in [1.54, 1.807) is 13.0 Å². The molecular weight excluding hydrogens is 194 g/mol. The average Bonchev–Trinajstić information content (AvgIpc) is 2.08. The first-order valence-corrected chi connectivity index (χ1v) is 4.80. The van der Waals surface area contributed by atoms with Crippen LogP contribution < -0.4 is 5.73 Å². The van der Waals surface area contributed by atoms with Crippen LogP contribution in [0.25, 0.3) is 0 Å². The van der Waals surface area contributed by atoms with Crippen LogP contribution in [-0.4, -0.2) is 21.4 Å². The molecule has 0 saturated carbocycles. The standard InChI is InChI=1S/C8H10O3.C3H9N/c1-5(9)6-2-3-7(10)8(11)4-6;1-3(2)4/h2-5,9-11H,1H3;3H,4H2,1-2H3. The largest absolute Gasteiger partial charge is 0.504 e. The van der Waals surface area contributed by atoms with E-state index in [-0.39, 0.29) is 11.5 Å². The molecule has 1 atom stereocenters. The number of nitrogens with two attached hydrogens (primary N) is 1. The lowest BCUT2D eigenvalue weighted by Crippen LogP contribution is -2.06. The predicted octanol–water partition coefficient (Wildman–Crippen LogP) is 1.50. The topological polar surface area (TPSA) is 86.7 Å². The van der Waals surface area contributed by atoms with Gasteiger partial charge in [0, 0.05) is 0 Å². The molecule has 5 N–H and O–H groups in total. The number of hydrogen-bond acceptors (Lipinski definition) is 4. The minimum atomic E-state index is -0.624. The highest BCUT2D eigenvalue weighted by molar-refractivity contribution is 5.40. The first kappa shape index (κ1) is 13.7. The molecule has 15 heavy (non-hydrogen) atoms. The number of aliphatic hydroxyl groups excluding tert-OH is 1. The number of benzene rings is 1. The lowest BCUT2D eigenvalue weighted by molar-refractivity contribution is 0.198. The van der Waals surface area contributed by atoms with E-state index in [9.17, 15) is 0 Å². The van der Waals surface area contributed by atoms with Gasteiger partial charge in [0.05, 0.1) is 6.10 Å². The normalized spacial score (nSPS) is 11.9. The lowest BCUT2D eigenvalue weighted by atomic mass is 10.1. The molecule has 4 nitrogen and oxygen atoms in total. The molecule has 0 aliphatic rings. The molecule has 0 aliphatic carbocycles. The van der Waals surface area contributed by atoms with Crippen LogP contribution in [0, 0.1) is 0 Å². The summed E-state index contributed by atoms with van der Waals surface area (Å²) in [6.45, 7) is 5.48. The van der Waals surface area contributed by atoms with Crippen LogP contribution in [0.1, 0.15) is 32.4 Å². The number of aliphatic hydroxyl groups is 1. The Morgan fingerprint density at radius 3 is 1.87 bits per heavy atom. The Bertz CT molecular complexity index is 295. The summed E-state index contributed by atoms with van der Waals surface area (Å²) in [5.41, 5.74) is 5.69. The van der Waals surface area contributed by atoms with Crippen LogP contribution in [0.15, 0.2) is 18.2 Å². The molecule has 0 aromatic heterocycles. The summed E-state index contributed by atoms with van der Waals surface area (Å²) in [5.74, 6) is -0.377. The van der Waals surface area contributed by atoms with Gasteiger partial charge >= 0.3 is 0 Å². The van der Waals surface area contributed by atoms with Crippen LogP contribution >= 0.6 is 0 Å². The minimum Gasteiger partial charge on any atom is -0.504 e. The maximum absolute atomic E-state index is 9.05. The van der Waals surface area contributed by atoms with E-state index in [1.165, 1.54) is 12.1 Å². The molecule has 0 heterocycles. The van der Waals surface area contributed by atoms with Gasteiger partial charge in [0.1, 0.15) is 0 Å². The van der Waals surface area contributed by atoms with Gasteiger partial charge in [0.15, 0.2) is 11.5 Å². The summed E-state index contributed by atoms with van der Waals surface area (Å²) < 4.78 is 0. The average molecular weight is 213 g/mol. The van der Waals surface area contributed by atoms with Gasteiger partial charge < -0.3 is 21.1 Å². The van der Waals surface area contributed by atoms with Crippen molar-refractivity contribution in [3.63, 3.8) is 0 Å². The van der Waals surface area contributed by atoms with Crippen molar-refractivity contribution in [2.24, 2.45) is 5.73 Å². The summed E-state index contributed by atoms with van der Waals surface area (Å²) in [6.07, 6.45) is -0.624. The monoisotopic (exact) mass is 213 g/mol. The molecule has 86 valence electrons. The first-order chi connectivity index (χ1) is 6.84. The third kappa shape index (κ3) is 5.93. The molecule has 4 heteroatoms. The molecule has 0 spiro atoms. The van der Waals surface area contributed by atoms with Crippen LogP contribution in [0.2, 0.25) is 0 Å². The summed E-state index contributed by atoms with van der Waals surface area (Å²) in [5, 5.41) is 26.9. The smallest absolute Gasteiger partial charge is 0.157 e. The van der Waals surface area contributed by atoms with Gasteiger partial charge in [-0.3, -0.25) is 0 Å². The van der Waals surface area contributed by atoms with Gasteiger partial charge in [-0.15, -0.1) is 0 Å². The van der Waals surface area contributed by atoms with Crippen LogP contribution in [0.4, 0.5) is 0 Å². The highest BCUT2D eigenvalue weighted by atomic mass is 16.3. The van der Waals surface area contributed by atoms with E-state index in [4.69, 9.17) is 21.1 Å². The Hall–Kier alpha value is -1.26. The molecule has 0 aliphatic heterocycles. The Morgan fingerprint density at radius 2 is 1.53 bits per heavy atom. The van der Waals surface area contributed by atoms with Crippen molar-refractivity contribution in [2.75, 3.05) is 0 Å². The molecule has 0 amide bonds. The minimum absolute atomic E-state index is 0.172. The molecule has 1 aromatic carbocycles. The summed E-state index contributed by atoms with van der Waals surface area (Å²) in [6, 6.07) is 4.57. The molecule has 0 radical (unpaired) electrons. The second-order valence-corrected chi connectivity index (χ2v) is 3.67. The van der Waals surface area contributed by atoms with E-state index in [0.29, 0.717) is 11.6 Å². The van der Waals surface area contributed by atoms with Crippen molar-refractivity contribution >= 4 is 0 Å². The molecule has 0 fully saturated rings. The molecule has 0 saturated heterocycles. The van der Waals surface area contributed by atoms with Crippen molar-refractivity contribution in [1.29, 1.82) is 0 Å². The van der Waals surface area contributed by atoms with Crippen molar-refractivity contribution in [2.45, 2.75) is 32.9 Å². The number of aromatic hydroxyl groups is 2. The Labute approximate surface area is 90.0 Å². The molecule has 1 rings (SSSR count). The highest BCUT2D eigenvalue weighted by Gasteiger charge is 2.03. The fourth-order valence-electron chi connectivity index (χ4n) is 0.800. The van der Waals surface area contributed by atoms with Gasteiger partial charge in [-0.1, -0.05) is 19.9 Å². The summed E-state index contributed by atoms with van der Waals surface area (Å²) in [7, 11) is 0. The van der Waals surface area contributed by atoms with Gasteiger partial charge in [0.2, 0.25) is 0 Å². The first-order valence-electron chi connectivity index (χ1n) is 4.80. The van der Waals surface area contributed by atoms with Crippen LogP contribution in [0.3, 0.4) is 0 Å². The lowest BCUT2D eigenvalue weighted by Gasteiger charge is -2.04. The molecule has 0 bridgehead atoms. The van der Waals surface area contributed by atoms with Gasteiger partial charge in [-0.05, 0) is 30.7 Å². The number of phenols is 2. The third-order valence-corrected chi connectivity index (χ3v) is 1.48. The van der Waals surface area contributed by atoms with Crippen LogP contribution in [0.5, 0.6) is 11.5 Å². The summed E-state index contributed by atoms with van der Waals surface area (Å²) in [4.78, 5) is 0. The molecule has 1 aromatic rings. The van der Waals surface area contributed by atoms with E-state index in [2.05, 4.69) is 0 Å². The van der Waals surface area contributed by atoms with Crippen molar-refractivity contribution < 1.29 is 15.3 Å². The van der Waals surface area contributed by atoms with E-state index in [0.717, 1.165) is 0 Å².